The van der Waals surface area contributed by atoms with Crippen LogP contribution in [0.15, 0.2) is 18.2 Å². The summed E-state index contributed by atoms with van der Waals surface area (Å²) in [7, 11) is 0. The van der Waals surface area contributed by atoms with Gasteiger partial charge in [-0.15, -0.1) is 0 Å². The number of aryl methyl sites for hydroxylation is 1. The van der Waals surface area contributed by atoms with Gasteiger partial charge in [0.2, 0.25) is 0 Å². The standard InChI is InChI=1S/C16H24O2S/c1-11(2)18-16-7-6-14(10-13(16)5)15(17)8-9-19-12(3)4/h6-7,10-12H,8-9H2,1-5H3. The second-order valence-corrected chi connectivity index (χ2v) is 6.92. The highest BCUT2D eigenvalue weighted by atomic mass is 32.2. The quantitative estimate of drug-likeness (QED) is 0.688. The van der Waals surface area contributed by atoms with E-state index in [4.69, 9.17) is 4.74 Å². The molecule has 0 bridgehead atoms. The Balaban J connectivity index is 2.64. The van der Waals surface area contributed by atoms with Crippen LogP contribution in [0.3, 0.4) is 0 Å². The first-order valence-electron chi connectivity index (χ1n) is 6.82. The first-order chi connectivity index (χ1) is 8.90. The van der Waals surface area contributed by atoms with Gasteiger partial charge >= 0.3 is 0 Å². The van der Waals surface area contributed by atoms with Gasteiger partial charge in [-0.1, -0.05) is 13.8 Å². The molecule has 0 spiro atoms. The van der Waals surface area contributed by atoms with Crippen LogP contribution in [0.4, 0.5) is 0 Å². The van der Waals surface area contributed by atoms with E-state index in [2.05, 4.69) is 13.8 Å². The van der Waals surface area contributed by atoms with Crippen molar-refractivity contribution < 1.29 is 9.53 Å². The molecule has 0 heterocycles. The van der Waals surface area contributed by atoms with Crippen molar-refractivity contribution in [2.24, 2.45) is 0 Å². The molecule has 1 aromatic rings. The number of hydrogen-bond acceptors (Lipinski definition) is 3. The van der Waals surface area contributed by atoms with Crippen molar-refractivity contribution >= 4 is 17.5 Å². The molecule has 0 amide bonds. The first-order valence-corrected chi connectivity index (χ1v) is 7.87. The van der Waals surface area contributed by atoms with E-state index < -0.39 is 0 Å². The average molecular weight is 280 g/mol. The minimum absolute atomic E-state index is 0.155. The Morgan fingerprint density at radius 1 is 1.26 bits per heavy atom. The first kappa shape index (κ1) is 16.1. The maximum atomic E-state index is 12.1. The Hall–Kier alpha value is -0.960. The van der Waals surface area contributed by atoms with Gasteiger partial charge in [0.25, 0.3) is 0 Å². The summed E-state index contributed by atoms with van der Waals surface area (Å²) in [6.45, 7) is 10.3. The summed E-state index contributed by atoms with van der Waals surface area (Å²) in [6.07, 6.45) is 0.759. The van der Waals surface area contributed by atoms with Crippen LogP contribution in [0.25, 0.3) is 0 Å². The van der Waals surface area contributed by atoms with E-state index in [0.29, 0.717) is 11.7 Å². The Morgan fingerprint density at radius 2 is 1.95 bits per heavy atom. The smallest absolute Gasteiger partial charge is 0.163 e. The molecule has 0 saturated carbocycles. The van der Waals surface area contributed by atoms with Gasteiger partial charge in [0, 0.05) is 17.7 Å². The van der Waals surface area contributed by atoms with Crippen LogP contribution in [-0.4, -0.2) is 22.9 Å². The third-order valence-corrected chi connectivity index (χ3v) is 3.75. The number of ketones is 1. The highest BCUT2D eigenvalue weighted by Gasteiger charge is 2.09. The summed E-state index contributed by atoms with van der Waals surface area (Å²) in [5, 5.41) is 0.580. The van der Waals surface area contributed by atoms with Crippen LogP contribution in [0.1, 0.15) is 50.0 Å². The zero-order valence-electron chi connectivity index (χ0n) is 12.5. The van der Waals surface area contributed by atoms with Gasteiger partial charge in [0.05, 0.1) is 6.10 Å². The molecule has 2 nitrogen and oxygen atoms in total. The zero-order chi connectivity index (χ0) is 14.4. The lowest BCUT2D eigenvalue weighted by molar-refractivity contribution is 0.0989. The van der Waals surface area contributed by atoms with Crippen LogP contribution in [0.2, 0.25) is 0 Å². The normalized spacial score (nSPS) is 11.1. The van der Waals surface area contributed by atoms with Crippen LogP contribution in [0.5, 0.6) is 5.75 Å². The molecule has 0 unspecified atom stereocenters. The summed E-state index contributed by atoms with van der Waals surface area (Å²) in [5.41, 5.74) is 1.81. The SMILES string of the molecule is Cc1cc(C(=O)CCSC(C)C)ccc1OC(C)C. The second kappa shape index (κ2) is 7.59. The van der Waals surface area contributed by atoms with Gasteiger partial charge in [0.15, 0.2) is 5.78 Å². The van der Waals surface area contributed by atoms with E-state index in [9.17, 15) is 4.79 Å². The predicted molar refractivity (Wildman–Crippen MR) is 83.5 cm³/mol. The fourth-order valence-electron chi connectivity index (χ4n) is 1.74. The molecule has 106 valence electrons. The molecule has 0 aliphatic carbocycles. The highest BCUT2D eigenvalue weighted by Crippen LogP contribution is 2.21. The van der Waals surface area contributed by atoms with Crippen molar-refractivity contribution in [1.82, 2.24) is 0 Å². The number of thioether (sulfide) groups is 1. The van der Waals surface area contributed by atoms with E-state index >= 15 is 0 Å². The third-order valence-electron chi connectivity index (χ3n) is 2.64. The van der Waals surface area contributed by atoms with Crippen molar-refractivity contribution in [1.29, 1.82) is 0 Å². The van der Waals surface area contributed by atoms with E-state index in [-0.39, 0.29) is 11.9 Å². The maximum absolute atomic E-state index is 12.1. The molecular weight excluding hydrogens is 256 g/mol. The van der Waals surface area contributed by atoms with E-state index in [1.54, 1.807) is 0 Å². The summed E-state index contributed by atoms with van der Waals surface area (Å²) < 4.78 is 5.68. The van der Waals surface area contributed by atoms with Gasteiger partial charge < -0.3 is 4.74 Å². The molecule has 0 fully saturated rings. The zero-order valence-corrected chi connectivity index (χ0v) is 13.3. The summed E-state index contributed by atoms with van der Waals surface area (Å²) >= 11 is 1.82. The van der Waals surface area contributed by atoms with Gasteiger partial charge in [-0.25, -0.2) is 0 Å². The third kappa shape index (κ3) is 5.68. The fourth-order valence-corrected chi connectivity index (χ4v) is 2.52. The molecular formula is C16H24O2S. The number of carbonyl (C=O) groups is 1. The van der Waals surface area contributed by atoms with E-state index in [1.165, 1.54) is 0 Å². The summed E-state index contributed by atoms with van der Waals surface area (Å²) in [4.78, 5) is 12.1. The molecule has 0 aromatic heterocycles. The molecule has 0 aliphatic heterocycles. The number of carbonyl (C=O) groups excluding carboxylic acids is 1. The Bertz CT molecular complexity index is 425. The largest absolute Gasteiger partial charge is 0.491 e. The highest BCUT2D eigenvalue weighted by molar-refractivity contribution is 7.99. The summed E-state index contributed by atoms with van der Waals surface area (Å²) in [6, 6.07) is 5.70. The summed E-state index contributed by atoms with van der Waals surface area (Å²) in [5.74, 6) is 1.97. The molecule has 0 aliphatic rings. The van der Waals surface area contributed by atoms with E-state index in [0.717, 1.165) is 22.6 Å². The Morgan fingerprint density at radius 3 is 2.47 bits per heavy atom. The predicted octanol–water partition coefficient (Wildman–Crippen LogP) is 4.50. The van der Waals surface area contributed by atoms with Crippen LogP contribution >= 0.6 is 11.8 Å². The van der Waals surface area contributed by atoms with Crippen molar-refractivity contribution in [2.75, 3.05) is 5.75 Å². The molecule has 1 rings (SSSR count). The lowest BCUT2D eigenvalue weighted by Gasteiger charge is -2.13. The van der Waals surface area contributed by atoms with Crippen LogP contribution in [-0.2, 0) is 0 Å². The van der Waals surface area contributed by atoms with Crippen LogP contribution in [0, 0.1) is 6.92 Å². The lowest BCUT2D eigenvalue weighted by atomic mass is 10.1. The average Bonchev–Trinajstić information content (AvgIpc) is 2.30. The van der Waals surface area contributed by atoms with Crippen molar-refractivity contribution in [3.05, 3.63) is 29.3 Å². The molecule has 0 atom stereocenters. The lowest BCUT2D eigenvalue weighted by Crippen LogP contribution is -2.08. The van der Waals surface area contributed by atoms with Crippen molar-refractivity contribution in [2.45, 2.75) is 52.4 Å². The maximum Gasteiger partial charge on any atom is 0.163 e. The topological polar surface area (TPSA) is 26.3 Å². The molecule has 1 aromatic carbocycles. The molecule has 0 N–H and O–H groups in total. The number of rotatable bonds is 7. The molecule has 0 radical (unpaired) electrons. The molecule has 0 saturated heterocycles. The van der Waals surface area contributed by atoms with Crippen LogP contribution < -0.4 is 4.74 Å². The number of hydrogen-bond donors (Lipinski definition) is 0. The Kier molecular flexibility index (Phi) is 6.43. The monoisotopic (exact) mass is 280 g/mol. The molecule has 3 heteroatoms. The number of benzene rings is 1. The second-order valence-electron chi connectivity index (χ2n) is 5.24. The molecule has 19 heavy (non-hydrogen) atoms. The minimum Gasteiger partial charge on any atom is -0.491 e. The van der Waals surface area contributed by atoms with Gasteiger partial charge in [-0.05, 0) is 49.8 Å². The van der Waals surface area contributed by atoms with Gasteiger partial charge in [-0.2, -0.15) is 11.8 Å². The Labute approximate surface area is 120 Å². The fraction of sp³-hybridized carbons (Fsp3) is 0.562. The number of Topliss-reactive ketones (excluding diaryl/α,β-unsaturated/α-hetero) is 1. The van der Waals surface area contributed by atoms with Crippen molar-refractivity contribution in [3.63, 3.8) is 0 Å². The minimum atomic E-state index is 0.155. The van der Waals surface area contributed by atoms with Gasteiger partial charge in [0.1, 0.15) is 5.75 Å². The van der Waals surface area contributed by atoms with Gasteiger partial charge in [-0.3, -0.25) is 4.79 Å². The number of ether oxygens (including phenoxy) is 1. The van der Waals surface area contributed by atoms with Crippen molar-refractivity contribution in [3.8, 4) is 5.75 Å². The van der Waals surface area contributed by atoms with E-state index in [1.807, 2.05) is 50.7 Å².